The number of rotatable bonds is 3. The molecule has 3 rings (SSSR count). The molecule has 4 heteroatoms. The number of amides is 1. The molecule has 112 valence electrons. The fraction of sp³-hybridized carbons (Fsp3) is 0.471. The standard InChI is InChI=1S/C17H22N2O2/c1-12(14-10-18-11-14)17(20)19-8-4-7-16(19)13-5-3-6-15(9-13)21-2/h3,5-6,9,16,18H,4,7-8,10-11H2,1-2H3. The van der Waals surface area contributed by atoms with Crippen LogP contribution in [-0.4, -0.2) is 37.6 Å². The van der Waals surface area contributed by atoms with Crippen molar-refractivity contribution < 1.29 is 9.53 Å². The highest BCUT2D eigenvalue weighted by Gasteiger charge is 2.32. The van der Waals surface area contributed by atoms with Gasteiger partial charge in [0.25, 0.3) is 0 Å². The minimum absolute atomic E-state index is 0.177. The van der Waals surface area contributed by atoms with Gasteiger partial charge in [0.15, 0.2) is 0 Å². The summed E-state index contributed by atoms with van der Waals surface area (Å²) in [6.45, 7) is 4.52. The Morgan fingerprint density at radius 3 is 2.86 bits per heavy atom. The van der Waals surface area contributed by atoms with E-state index in [4.69, 9.17) is 4.74 Å². The number of carbonyl (C=O) groups is 1. The highest BCUT2D eigenvalue weighted by atomic mass is 16.5. The summed E-state index contributed by atoms with van der Waals surface area (Å²) < 4.78 is 5.30. The van der Waals surface area contributed by atoms with Crippen LogP contribution >= 0.6 is 0 Å². The molecule has 1 unspecified atom stereocenters. The van der Waals surface area contributed by atoms with E-state index in [-0.39, 0.29) is 11.9 Å². The molecule has 0 saturated carbocycles. The first-order chi connectivity index (χ1) is 10.2. The lowest BCUT2D eigenvalue weighted by atomic mass is 10.0. The van der Waals surface area contributed by atoms with Crippen molar-refractivity contribution in [3.63, 3.8) is 0 Å². The summed E-state index contributed by atoms with van der Waals surface area (Å²) in [5.74, 6) is 1.04. The van der Waals surface area contributed by atoms with Gasteiger partial charge in [-0.05, 0) is 43.0 Å². The Bertz CT molecular complexity index is 574. The zero-order valence-corrected chi connectivity index (χ0v) is 12.7. The van der Waals surface area contributed by atoms with Gasteiger partial charge >= 0.3 is 0 Å². The van der Waals surface area contributed by atoms with Gasteiger partial charge in [-0.1, -0.05) is 12.1 Å². The second-order valence-corrected chi connectivity index (χ2v) is 5.77. The predicted octanol–water partition coefficient (Wildman–Crippen LogP) is 2.28. The van der Waals surface area contributed by atoms with E-state index < -0.39 is 0 Å². The van der Waals surface area contributed by atoms with Crippen molar-refractivity contribution in [1.29, 1.82) is 0 Å². The topological polar surface area (TPSA) is 41.6 Å². The molecule has 1 atom stereocenters. The third kappa shape index (κ3) is 2.68. The normalized spacial score (nSPS) is 21.1. The van der Waals surface area contributed by atoms with Crippen molar-refractivity contribution in [2.45, 2.75) is 25.8 Å². The maximum absolute atomic E-state index is 12.7. The Kier molecular flexibility index (Phi) is 3.97. The summed E-state index contributed by atoms with van der Waals surface area (Å²) in [7, 11) is 1.68. The Morgan fingerprint density at radius 1 is 1.38 bits per heavy atom. The summed E-state index contributed by atoms with van der Waals surface area (Å²) in [6, 6.07) is 8.25. The van der Waals surface area contributed by atoms with Crippen LogP contribution < -0.4 is 10.1 Å². The number of likely N-dealkylation sites (tertiary alicyclic amines) is 1. The summed E-state index contributed by atoms with van der Waals surface area (Å²) in [5, 5.41) is 3.20. The third-order valence-electron chi connectivity index (χ3n) is 4.52. The first kappa shape index (κ1) is 14.1. The average molecular weight is 286 g/mol. The van der Waals surface area contributed by atoms with Gasteiger partial charge in [-0.3, -0.25) is 4.79 Å². The molecule has 2 aliphatic heterocycles. The molecule has 1 aromatic carbocycles. The predicted molar refractivity (Wildman–Crippen MR) is 82.3 cm³/mol. The van der Waals surface area contributed by atoms with Crippen LogP contribution in [0.15, 0.2) is 35.4 Å². The van der Waals surface area contributed by atoms with E-state index in [1.807, 2.05) is 30.0 Å². The third-order valence-corrected chi connectivity index (χ3v) is 4.52. The number of hydrogen-bond donors (Lipinski definition) is 1. The minimum Gasteiger partial charge on any atom is -0.497 e. The minimum atomic E-state index is 0.177. The molecule has 1 aromatic rings. The van der Waals surface area contributed by atoms with Gasteiger partial charge in [0, 0.05) is 25.2 Å². The molecule has 0 radical (unpaired) electrons. The second kappa shape index (κ2) is 5.90. The first-order valence-corrected chi connectivity index (χ1v) is 7.55. The lowest BCUT2D eigenvalue weighted by Crippen LogP contribution is -2.39. The summed E-state index contributed by atoms with van der Waals surface area (Å²) in [4.78, 5) is 14.8. The Labute approximate surface area is 125 Å². The van der Waals surface area contributed by atoms with Gasteiger partial charge in [-0.15, -0.1) is 0 Å². The molecule has 2 aliphatic rings. The maximum Gasteiger partial charge on any atom is 0.250 e. The average Bonchev–Trinajstić information content (AvgIpc) is 2.94. The number of benzene rings is 1. The van der Waals surface area contributed by atoms with Crippen molar-refractivity contribution in [2.75, 3.05) is 26.7 Å². The van der Waals surface area contributed by atoms with E-state index in [0.29, 0.717) is 0 Å². The molecule has 2 saturated heterocycles. The van der Waals surface area contributed by atoms with Crippen molar-refractivity contribution in [3.8, 4) is 5.75 Å². The van der Waals surface area contributed by atoms with Crippen LogP contribution in [0.5, 0.6) is 5.75 Å². The van der Waals surface area contributed by atoms with E-state index in [1.165, 1.54) is 11.1 Å². The van der Waals surface area contributed by atoms with Crippen molar-refractivity contribution in [3.05, 3.63) is 41.0 Å². The van der Waals surface area contributed by atoms with Crippen molar-refractivity contribution in [1.82, 2.24) is 10.2 Å². The van der Waals surface area contributed by atoms with Crippen LogP contribution in [0, 0.1) is 0 Å². The Hall–Kier alpha value is -1.81. The van der Waals surface area contributed by atoms with Crippen molar-refractivity contribution >= 4 is 5.91 Å². The summed E-state index contributed by atoms with van der Waals surface area (Å²) in [6.07, 6.45) is 2.09. The molecule has 0 aliphatic carbocycles. The monoisotopic (exact) mass is 286 g/mol. The lowest BCUT2D eigenvalue weighted by molar-refractivity contribution is -0.128. The molecule has 0 bridgehead atoms. The molecule has 4 nitrogen and oxygen atoms in total. The van der Waals surface area contributed by atoms with Gasteiger partial charge < -0.3 is 15.0 Å². The van der Waals surface area contributed by atoms with Gasteiger partial charge in [0.1, 0.15) is 5.75 Å². The van der Waals surface area contributed by atoms with Crippen LogP contribution in [0.4, 0.5) is 0 Å². The van der Waals surface area contributed by atoms with Gasteiger partial charge in [-0.25, -0.2) is 0 Å². The number of ether oxygens (including phenoxy) is 1. The van der Waals surface area contributed by atoms with Gasteiger partial charge in [0.2, 0.25) is 5.91 Å². The molecular weight excluding hydrogens is 264 g/mol. The fourth-order valence-corrected chi connectivity index (χ4v) is 3.09. The van der Waals surface area contributed by atoms with E-state index in [9.17, 15) is 4.79 Å². The zero-order valence-electron chi connectivity index (χ0n) is 12.7. The van der Waals surface area contributed by atoms with Crippen LogP contribution in [0.3, 0.4) is 0 Å². The maximum atomic E-state index is 12.7. The quantitative estimate of drug-likeness (QED) is 0.867. The molecule has 2 fully saturated rings. The number of nitrogens with zero attached hydrogens (tertiary/aromatic N) is 1. The zero-order chi connectivity index (χ0) is 14.8. The number of methoxy groups -OCH3 is 1. The van der Waals surface area contributed by atoms with E-state index >= 15 is 0 Å². The second-order valence-electron chi connectivity index (χ2n) is 5.77. The summed E-state index contributed by atoms with van der Waals surface area (Å²) >= 11 is 0. The fourth-order valence-electron chi connectivity index (χ4n) is 3.09. The first-order valence-electron chi connectivity index (χ1n) is 7.55. The van der Waals surface area contributed by atoms with Gasteiger partial charge in [-0.2, -0.15) is 0 Å². The lowest BCUT2D eigenvalue weighted by Gasteiger charge is -2.28. The SMILES string of the molecule is COc1cccc(C2CCCN2C(=O)C(C)=C2CNC2)c1. The van der Waals surface area contributed by atoms with E-state index in [1.54, 1.807) is 7.11 Å². The van der Waals surface area contributed by atoms with Crippen molar-refractivity contribution in [2.24, 2.45) is 0 Å². The van der Waals surface area contributed by atoms with Crippen LogP contribution in [0.1, 0.15) is 31.4 Å². The highest BCUT2D eigenvalue weighted by Crippen LogP contribution is 2.34. The number of nitrogens with one attached hydrogen (secondary N) is 1. The van der Waals surface area contributed by atoms with Crippen LogP contribution in [0.25, 0.3) is 0 Å². The summed E-state index contributed by atoms with van der Waals surface area (Å²) in [5.41, 5.74) is 3.34. The van der Waals surface area contributed by atoms with E-state index in [0.717, 1.165) is 43.8 Å². The van der Waals surface area contributed by atoms with E-state index in [2.05, 4.69) is 11.4 Å². The Morgan fingerprint density at radius 2 is 2.19 bits per heavy atom. The van der Waals surface area contributed by atoms with Crippen LogP contribution in [0.2, 0.25) is 0 Å². The molecule has 2 heterocycles. The molecule has 0 aromatic heterocycles. The van der Waals surface area contributed by atoms with Crippen LogP contribution in [-0.2, 0) is 4.79 Å². The Balaban J connectivity index is 1.83. The molecule has 21 heavy (non-hydrogen) atoms. The largest absolute Gasteiger partial charge is 0.497 e. The number of hydrogen-bond acceptors (Lipinski definition) is 3. The molecule has 1 N–H and O–H groups in total. The molecule has 0 spiro atoms. The number of carbonyl (C=O) groups excluding carboxylic acids is 1. The van der Waals surface area contributed by atoms with Gasteiger partial charge in [0.05, 0.1) is 13.2 Å². The smallest absolute Gasteiger partial charge is 0.250 e. The molecule has 1 amide bonds. The highest BCUT2D eigenvalue weighted by molar-refractivity contribution is 5.94. The molecular formula is C17H22N2O2.